The Bertz CT molecular complexity index is 1120. The lowest BCUT2D eigenvalue weighted by atomic mass is 9.86. The first-order valence-electron chi connectivity index (χ1n) is 13.2. The fourth-order valence-corrected chi connectivity index (χ4v) is 5.79. The Morgan fingerprint density at radius 1 is 0.946 bits per heavy atom. The van der Waals surface area contributed by atoms with Crippen molar-refractivity contribution in [2.45, 2.75) is 44.1 Å². The molecule has 6 nitrogen and oxygen atoms in total. The van der Waals surface area contributed by atoms with Crippen molar-refractivity contribution in [3.8, 4) is 0 Å². The van der Waals surface area contributed by atoms with Gasteiger partial charge in [0, 0.05) is 19.0 Å². The first-order valence-corrected chi connectivity index (χ1v) is 13.2. The smallest absolute Gasteiger partial charge is 0.326 e. The second-order valence-corrected chi connectivity index (χ2v) is 10.4. The molecule has 2 aromatic rings. The number of nitrogens with zero attached hydrogens (tertiary/aromatic N) is 2. The molecular formula is C28H33F3N4O2. The first kappa shape index (κ1) is 25.6. The van der Waals surface area contributed by atoms with E-state index in [1.54, 1.807) is 0 Å². The van der Waals surface area contributed by atoms with Gasteiger partial charge in [-0.15, -0.1) is 0 Å². The molecule has 9 heteroatoms. The molecule has 37 heavy (non-hydrogen) atoms. The van der Waals surface area contributed by atoms with E-state index >= 15 is 0 Å². The van der Waals surface area contributed by atoms with Gasteiger partial charge in [-0.25, -0.2) is 27.7 Å². The van der Waals surface area contributed by atoms with E-state index in [4.69, 9.17) is 0 Å². The molecule has 3 aliphatic rings. The van der Waals surface area contributed by atoms with Gasteiger partial charge in [0.2, 0.25) is 0 Å². The molecule has 3 fully saturated rings. The zero-order valence-electron chi connectivity index (χ0n) is 20.8. The molecular weight excluding hydrogens is 481 g/mol. The van der Waals surface area contributed by atoms with Crippen molar-refractivity contribution in [1.82, 2.24) is 20.4 Å². The number of rotatable bonds is 7. The Labute approximate surface area is 215 Å². The van der Waals surface area contributed by atoms with Crippen molar-refractivity contribution in [3.05, 3.63) is 71.0 Å². The number of halogens is 3. The van der Waals surface area contributed by atoms with E-state index in [1.807, 2.05) is 12.1 Å². The monoisotopic (exact) mass is 514 g/mol. The first-order chi connectivity index (χ1) is 17.9. The predicted molar refractivity (Wildman–Crippen MR) is 133 cm³/mol. The van der Waals surface area contributed by atoms with Crippen LogP contribution in [0.5, 0.6) is 0 Å². The van der Waals surface area contributed by atoms with Crippen LogP contribution in [-0.2, 0) is 0 Å². The Hall–Kier alpha value is -3.07. The molecule has 0 radical (unpaired) electrons. The third-order valence-electron chi connectivity index (χ3n) is 7.98. The summed E-state index contributed by atoms with van der Waals surface area (Å²) in [4.78, 5) is 29.4. The summed E-state index contributed by atoms with van der Waals surface area (Å²) >= 11 is 0. The number of piperidine rings is 1. The number of likely N-dealkylation sites (tertiary alicyclic amines) is 1. The highest BCUT2D eigenvalue weighted by Gasteiger charge is 2.46. The fraction of sp³-hybridized carbons (Fsp3) is 0.500. The lowest BCUT2D eigenvalue weighted by Gasteiger charge is -2.40. The largest absolute Gasteiger partial charge is 0.338 e. The van der Waals surface area contributed by atoms with Crippen LogP contribution in [0.25, 0.3) is 0 Å². The number of hydrogen-bond donors (Lipinski definition) is 2. The van der Waals surface area contributed by atoms with Crippen molar-refractivity contribution in [2.24, 2.45) is 11.8 Å². The molecule has 1 saturated carbocycles. The van der Waals surface area contributed by atoms with Gasteiger partial charge in [0.15, 0.2) is 11.6 Å². The minimum Gasteiger partial charge on any atom is -0.338 e. The summed E-state index contributed by atoms with van der Waals surface area (Å²) in [5, 5.41) is 5.67. The second kappa shape index (κ2) is 11.1. The normalized spacial score (nSPS) is 23.1. The van der Waals surface area contributed by atoms with Crippen LogP contribution in [-0.4, -0.2) is 54.6 Å². The molecule has 0 bridgehead atoms. The zero-order valence-corrected chi connectivity index (χ0v) is 20.8. The minimum absolute atomic E-state index is 0.0456. The number of carbonyl (C=O) groups excluding carboxylic acids is 2. The van der Waals surface area contributed by atoms with Crippen LogP contribution in [0.2, 0.25) is 0 Å². The number of imide groups is 1. The van der Waals surface area contributed by atoms with Crippen molar-refractivity contribution < 1.29 is 22.8 Å². The maximum absolute atomic E-state index is 14.1. The van der Waals surface area contributed by atoms with Gasteiger partial charge >= 0.3 is 12.1 Å². The van der Waals surface area contributed by atoms with Crippen LogP contribution in [0.15, 0.2) is 42.5 Å². The number of hydrogen-bond acceptors (Lipinski definition) is 3. The lowest BCUT2D eigenvalue weighted by Crippen LogP contribution is -2.58. The van der Waals surface area contributed by atoms with Crippen LogP contribution >= 0.6 is 0 Å². The summed E-state index contributed by atoms with van der Waals surface area (Å²) in [7, 11) is 0. The number of benzene rings is 2. The standard InChI is InChI=1S/C28H33F3N4O2/c29-22-7-4-18(5-8-22)19-10-14-34(15-11-19)13-1-12-32-27(36)35-26(21-6-9-24(30)25(31)16-21)23(20-2-3-20)17-33-28(35)37/h4-9,16,19-20,23,26H,1-3,10-15,17H2,(H,32,36)(H,33,37)/t23-,26-/m1/s1. The maximum Gasteiger partial charge on any atom is 0.326 e. The molecule has 198 valence electrons. The lowest BCUT2D eigenvalue weighted by molar-refractivity contribution is 0.122. The summed E-state index contributed by atoms with van der Waals surface area (Å²) in [6.07, 6.45) is 4.72. The maximum atomic E-state index is 14.1. The fourth-order valence-electron chi connectivity index (χ4n) is 5.79. The van der Waals surface area contributed by atoms with Crippen molar-refractivity contribution in [1.29, 1.82) is 0 Å². The number of amides is 4. The van der Waals surface area contributed by atoms with E-state index in [-0.39, 0.29) is 11.7 Å². The van der Waals surface area contributed by atoms with E-state index in [9.17, 15) is 22.8 Å². The van der Waals surface area contributed by atoms with Gasteiger partial charge in [0.05, 0.1) is 6.04 Å². The van der Waals surface area contributed by atoms with E-state index in [0.717, 1.165) is 68.8 Å². The van der Waals surface area contributed by atoms with Gasteiger partial charge in [-0.2, -0.15) is 0 Å². The third kappa shape index (κ3) is 5.92. The van der Waals surface area contributed by atoms with Gasteiger partial charge in [0.1, 0.15) is 5.82 Å². The van der Waals surface area contributed by atoms with E-state index in [2.05, 4.69) is 15.5 Å². The average Bonchev–Trinajstić information content (AvgIpc) is 3.74. The van der Waals surface area contributed by atoms with Crippen LogP contribution in [0.3, 0.4) is 0 Å². The minimum atomic E-state index is -0.985. The summed E-state index contributed by atoms with van der Waals surface area (Å²) in [5.74, 6) is -1.43. The molecule has 2 heterocycles. The SMILES string of the molecule is O=C(NCCCN1CCC(c2ccc(F)cc2)CC1)N1C(=O)NC[C@H](C2CC2)[C@H]1c1ccc(F)c(F)c1. The van der Waals surface area contributed by atoms with Crippen molar-refractivity contribution in [2.75, 3.05) is 32.7 Å². The molecule has 2 aromatic carbocycles. The third-order valence-corrected chi connectivity index (χ3v) is 7.98. The number of urea groups is 2. The molecule has 5 rings (SSSR count). The zero-order chi connectivity index (χ0) is 25.9. The number of nitrogens with one attached hydrogen (secondary N) is 2. The van der Waals surface area contributed by atoms with Gasteiger partial charge in [-0.3, -0.25) is 0 Å². The molecule has 2 N–H and O–H groups in total. The van der Waals surface area contributed by atoms with Crippen molar-refractivity contribution in [3.63, 3.8) is 0 Å². The summed E-state index contributed by atoms with van der Waals surface area (Å²) in [6.45, 7) is 3.50. The Balaban J connectivity index is 1.14. The highest BCUT2D eigenvalue weighted by atomic mass is 19.2. The topological polar surface area (TPSA) is 64.7 Å². The highest BCUT2D eigenvalue weighted by Crippen LogP contribution is 2.46. The summed E-state index contributed by atoms with van der Waals surface area (Å²) in [5.41, 5.74) is 1.61. The van der Waals surface area contributed by atoms with Crippen LogP contribution in [0, 0.1) is 29.3 Å². The van der Waals surface area contributed by atoms with E-state index < -0.39 is 29.7 Å². The van der Waals surface area contributed by atoms with E-state index in [0.29, 0.717) is 30.5 Å². The summed E-state index contributed by atoms with van der Waals surface area (Å²) < 4.78 is 40.8. The molecule has 1 aliphatic carbocycles. The molecule has 2 atom stereocenters. The molecule has 4 amide bonds. The molecule has 0 aromatic heterocycles. The average molecular weight is 515 g/mol. The van der Waals surface area contributed by atoms with Gasteiger partial charge in [-0.05, 0) is 99.0 Å². The van der Waals surface area contributed by atoms with Gasteiger partial charge in [-0.1, -0.05) is 18.2 Å². The van der Waals surface area contributed by atoms with Gasteiger partial charge in [0.25, 0.3) is 0 Å². The molecule has 2 aliphatic heterocycles. The van der Waals surface area contributed by atoms with Gasteiger partial charge < -0.3 is 15.5 Å². The quantitative estimate of drug-likeness (QED) is 0.501. The Morgan fingerprint density at radius 2 is 1.65 bits per heavy atom. The van der Waals surface area contributed by atoms with E-state index in [1.165, 1.54) is 23.8 Å². The Kier molecular flexibility index (Phi) is 7.69. The Morgan fingerprint density at radius 3 is 2.32 bits per heavy atom. The number of carbonyl (C=O) groups is 2. The second-order valence-electron chi connectivity index (χ2n) is 10.4. The predicted octanol–water partition coefficient (Wildman–Crippen LogP) is 5.18. The molecule has 2 saturated heterocycles. The molecule has 0 spiro atoms. The van der Waals surface area contributed by atoms with Crippen LogP contribution in [0.1, 0.15) is 55.2 Å². The van der Waals surface area contributed by atoms with Crippen molar-refractivity contribution >= 4 is 12.1 Å². The summed E-state index contributed by atoms with van der Waals surface area (Å²) in [6, 6.07) is 8.69. The van der Waals surface area contributed by atoms with Crippen LogP contribution in [0.4, 0.5) is 22.8 Å². The highest BCUT2D eigenvalue weighted by molar-refractivity contribution is 5.94. The van der Waals surface area contributed by atoms with Crippen LogP contribution < -0.4 is 10.6 Å². The molecule has 0 unspecified atom stereocenters.